The lowest BCUT2D eigenvalue weighted by Gasteiger charge is -2.07. The molecule has 1 amide bonds. The molecular formula is C12H9Cl2N3O. The molecule has 1 aromatic heterocycles. The van der Waals surface area contributed by atoms with Crippen LogP contribution in [0.2, 0.25) is 10.0 Å². The average molecular weight is 282 g/mol. The van der Waals surface area contributed by atoms with Crippen LogP contribution in [-0.2, 0) is 0 Å². The van der Waals surface area contributed by atoms with E-state index in [0.717, 1.165) is 0 Å². The van der Waals surface area contributed by atoms with Crippen LogP contribution >= 0.6 is 23.2 Å². The SMILES string of the molecule is Cc1ncc(C(=O)Nc2cccc(Cl)c2Cl)cn1. The summed E-state index contributed by atoms with van der Waals surface area (Å²) in [4.78, 5) is 19.8. The molecule has 1 aromatic carbocycles. The predicted octanol–water partition coefficient (Wildman–Crippen LogP) is 3.34. The molecule has 1 N–H and O–H groups in total. The molecule has 0 aliphatic carbocycles. The molecular weight excluding hydrogens is 273 g/mol. The van der Waals surface area contributed by atoms with Crippen molar-refractivity contribution >= 4 is 34.8 Å². The number of anilines is 1. The van der Waals surface area contributed by atoms with E-state index in [1.807, 2.05) is 0 Å². The molecule has 1 heterocycles. The Morgan fingerprint density at radius 2 is 1.89 bits per heavy atom. The van der Waals surface area contributed by atoms with Crippen molar-refractivity contribution < 1.29 is 4.79 Å². The second-order valence-electron chi connectivity index (χ2n) is 3.57. The van der Waals surface area contributed by atoms with Gasteiger partial charge in [0.1, 0.15) is 5.82 Å². The average Bonchev–Trinajstić information content (AvgIpc) is 2.36. The van der Waals surface area contributed by atoms with Crippen LogP contribution in [0, 0.1) is 6.92 Å². The van der Waals surface area contributed by atoms with Crippen molar-refractivity contribution in [3.05, 3.63) is 52.0 Å². The molecule has 0 aliphatic heterocycles. The van der Waals surface area contributed by atoms with Crippen molar-refractivity contribution in [3.8, 4) is 0 Å². The standard InChI is InChI=1S/C12H9Cl2N3O/c1-7-15-5-8(6-16-7)12(18)17-10-4-2-3-9(13)11(10)14/h2-6H,1H3,(H,17,18). The summed E-state index contributed by atoms with van der Waals surface area (Å²) in [6.45, 7) is 1.75. The maximum Gasteiger partial charge on any atom is 0.258 e. The first kappa shape index (κ1) is 12.8. The first-order valence-corrected chi connectivity index (χ1v) is 5.87. The highest BCUT2D eigenvalue weighted by molar-refractivity contribution is 6.44. The number of benzene rings is 1. The summed E-state index contributed by atoms with van der Waals surface area (Å²) in [6.07, 6.45) is 2.91. The van der Waals surface area contributed by atoms with Gasteiger partial charge in [0.05, 0.1) is 21.3 Å². The topological polar surface area (TPSA) is 54.9 Å². The van der Waals surface area contributed by atoms with Crippen molar-refractivity contribution in [2.45, 2.75) is 6.92 Å². The Labute approximate surface area is 114 Å². The number of nitrogens with one attached hydrogen (secondary N) is 1. The summed E-state index contributed by atoms with van der Waals surface area (Å²) in [5, 5.41) is 3.34. The van der Waals surface area contributed by atoms with Crippen LogP contribution in [0.4, 0.5) is 5.69 Å². The minimum Gasteiger partial charge on any atom is -0.320 e. The molecule has 0 saturated carbocycles. The van der Waals surface area contributed by atoms with Gasteiger partial charge in [0.15, 0.2) is 0 Å². The van der Waals surface area contributed by atoms with E-state index in [4.69, 9.17) is 23.2 Å². The number of carbonyl (C=O) groups is 1. The highest BCUT2D eigenvalue weighted by atomic mass is 35.5. The first-order chi connectivity index (χ1) is 8.58. The molecule has 2 rings (SSSR count). The van der Waals surface area contributed by atoms with Gasteiger partial charge >= 0.3 is 0 Å². The largest absolute Gasteiger partial charge is 0.320 e. The Kier molecular flexibility index (Phi) is 3.79. The van der Waals surface area contributed by atoms with Crippen LogP contribution in [0.25, 0.3) is 0 Å². The number of rotatable bonds is 2. The molecule has 4 nitrogen and oxygen atoms in total. The van der Waals surface area contributed by atoms with E-state index in [9.17, 15) is 4.79 Å². The molecule has 0 spiro atoms. The number of halogens is 2. The highest BCUT2D eigenvalue weighted by Gasteiger charge is 2.10. The molecule has 0 unspecified atom stereocenters. The number of nitrogens with zero attached hydrogens (tertiary/aromatic N) is 2. The maximum atomic E-state index is 11.9. The van der Waals surface area contributed by atoms with Crippen molar-refractivity contribution in [2.24, 2.45) is 0 Å². The fourth-order valence-electron chi connectivity index (χ4n) is 1.30. The maximum absolute atomic E-state index is 11.9. The van der Waals surface area contributed by atoms with Gasteiger partial charge in [0, 0.05) is 12.4 Å². The van der Waals surface area contributed by atoms with Gasteiger partial charge in [-0.3, -0.25) is 4.79 Å². The van der Waals surface area contributed by atoms with Gasteiger partial charge in [-0.2, -0.15) is 0 Å². The lowest BCUT2D eigenvalue weighted by atomic mass is 10.2. The van der Waals surface area contributed by atoms with E-state index in [-0.39, 0.29) is 5.91 Å². The first-order valence-electron chi connectivity index (χ1n) is 5.12. The second kappa shape index (κ2) is 5.33. The third-order valence-corrected chi connectivity index (χ3v) is 3.06. The van der Waals surface area contributed by atoms with E-state index in [0.29, 0.717) is 27.1 Å². The summed E-state index contributed by atoms with van der Waals surface area (Å²) in [7, 11) is 0. The Bertz CT molecular complexity index is 584. The fourth-order valence-corrected chi connectivity index (χ4v) is 1.65. The zero-order valence-electron chi connectivity index (χ0n) is 9.45. The summed E-state index contributed by atoms with van der Waals surface area (Å²) in [6, 6.07) is 5.02. The molecule has 92 valence electrons. The number of aromatic nitrogens is 2. The fraction of sp³-hybridized carbons (Fsp3) is 0.0833. The lowest BCUT2D eigenvalue weighted by Crippen LogP contribution is -2.13. The predicted molar refractivity (Wildman–Crippen MR) is 71.2 cm³/mol. The third-order valence-electron chi connectivity index (χ3n) is 2.24. The van der Waals surface area contributed by atoms with Crippen LogP contribution < -0.4 is 5.32 Å². The smallest absolute Gasteiger partial charge is 0.258 e. The van der Waals surface area contributed by atoms with Gasteiger partial charge < -0.3 is 5.32 Å². The normalized spacial score (nSPS) is 10.2. The van der Waals surface area contributed by atoms with Gasteiger partial charge in [-0.25, -0.2) is 9.97 Å². The molecule has 18 heavy (non-hydrogen) atoms. The number of carbonyl (C=O) groups excluding carboxylic acids is 1. The third kappa shape index (κ3) is 2.78. The molecule has 0 saturated heterocycles. The Morgan fingerprint density at radius 1 is 1.22 bits per heavy atom. The lowest BCUT2D eigenvalue weighted by molar-refractivity contribution is 0.102. The van der Waals surface area contributed by atoms with Gasteiger partial charge in [0.2, 0.25) is 0 Å². The Balaban J connectivity index is 2.21. The number of hydrogen-bond acceptors (Lipinski definition) is 3. The monoisotopic (exact) mass is 281 g/mol. The van der Waals surface area contributed by atoms with E-state index < -0.39 is 0 Å². The van der Waals surface area contributed by atoms with Crippen molar-refractivity contribution in [2.75, 3.05) is 5.32 Å². The zero-order chi connectivity index (χ0) is 13.1. The Hall–Kier alpha value is -1.65. The van der Waals surface area contributed by atoms with Crippen LogP contribution in [0.5, 0.6) is 0 Å². The molecule has 2 aromatic rings. The quantitative estimate of drug-likeness (QED) is 0.919. The van der Waals surface area contributed by atoms with Gasteiger partial charge in [0.25, 0.3) is 5.91 Å². The van der Waals surface area contributed by atoms with E-state index in [1.54, 1.807) is 25.1 Å². The van der Waals surface area contributed by atoms with Crippen LogP contribution in [0.1, 0.15) is 16.2 Å². The van der Waals surface area contributed by atoms with Gasteiger partial charge in [-0.05, 0) is 19.1 Å². The molecule has 0 radical (unpaired) electrons. The molecule has 0 fully saturated rings. The van der Waals surface area contributed by atoms with Crippen molar-refractivity contribution in [1.82, 2.24) is 9.97 Å². The van der Waals surface area contributed by atoms with E-state index in [2.05, 4.69) is 15.3 Å². The zero-order valence-corrected chi connectivity index (χ0v) is 11.0. The minimum atomic E-state index is -0.334. The van der Waals surface area contributed by atoms with Gasteiger partial charge in [-0.15, -0.1) is 0 Å². The number of hydrogen-bond donors (Lipinski definition) is 1. The summed E-state index contributed by atoms with van der Waals surface area (Å²) >= 11 is 11.8. The minimum absolute atomic E-state index is 0.306. The summed E-state index contributed by atoms with van der Waals surface area (Å²) < 4.78 is 0. The van der Waals surface area contributed by atoms with Crippen LogP contribution in [-0.4, -0.2) is 15.9 Å². The van der Waals surface area contributed by atoms with E-state index >= 15 is 0 Å². The Morgan fingerprint density at radius 3 is 2.56 bits per heavy atom. The van der Waals surface area contributed by atoms with Crippen LogP contribution in [0.15, 0.2) is 30.6 Å². The van der Waals surface area contributed by atoms with E-state index in [1.165, 1.54) is 12.4 Å². The molecule has 6 heteroatoms. The highest BCUT2D eigenvalue weighted by Crippen LogP contribution is 2.29. The van der Waals surface area contributed by atoms with Crippen LogP contribution in [0.3, 0.4) is 0 Å². The molecule has 0 bridgehead atoms. The molecule has 0 atom stereocenters. The summed E-state index contributed by atoms with van der Waals surface area (Å²) in [5.74, 6) is 0.270. The van der Waals surface area contributed by atoms with Crippen molar-refractivity contribution in [1.29, 1.82) is 0 Å². The molecule has 0 aliphatic rings. The summed E-state index contributed by atoms with van der Waals surface area (Å²) in [5.41, 5.74) is 0.811. The van der Waals surface area contributed by atoms with Gasteiger partial charge in [-0.1, -0.05) is 29.3 Å². The second-order valence-corrected chi connectivity index (χ2v) is 4.36. The number of amides is 1. The number of aryl methyl sites for hydroxylation is 1. The van der Waals surface area contributed by atoms with Crippen molar-refractivity contribution in [3.63, 3.8) is 0 Å².